The van der Waals surface area contributed by atoms with E-state index in [0.717, 1.165) is 15.4 Å². The van der Waals surface area contributed by atoms with E-state index < -0.39 is 28.5 Å². The molecule has 0 spiro atoms. The summed E-state index contributed by atoms with van der Waals surface area (Å²) in [5, 5.41) is 2.95. The first kappa shape index (κ1) is 31.7. The first-order valence-electron chi connectivity index (χ1n) is 13.8. The summed E-state index contributed by atoms with van der Waals surface area (Å²) in [5.41, 5.74) is 2.79. The molecule has 0 aliphatic rings. The molecule has 41 heavy (non-hydrogen) atoms. The third kappa shape index (κ3) is 8.10. The number of amides is 2. The number of rotatable bonds is 13. The number of benzene rings is 3. The lowest BCUT2D eigenvalue weighted by Crippen LogP contribution is -2.52. The maximum Gasteiger partial charge on any atom is 0.264 e. The van der Waals surface area contributed by atoms with Gasteiger partial charge in [0.2, 0.25) is 11.8 Å². The number of methoxy groups -OCH3 is 1. The van der Waals surface area contributed by atoms with Gasteiger partial charge in [0.05, 0.1) is 17.7 Å². The average Bonchev–Trinajstić information content (AvgIpc) is 2.96. The van der Waals surface area contributed by atoms with Gasteiger partial charge in [-0.2, -0.15) is 0 Å². The number of ether oxygens (including phenoxy) is 1. The number of sulfonamides is 1. The zero-order valence-corrected chi connectivity index (χ0v) is 25.6. The van der Waals surface area contributed by atoms with Gasteiger partial charge in [-0.25, -0.2) is 8.42 Å². The van der Waals surface area contributed by atoms with E-state index in [1.54, 1.807) is 43.5 Å². The van der Waals surface area contributed by atoms with Gasteiger partial charge < -0.3 is 15.0 Å². The minimum Gasteiger partial charge on any atom is -0.497 e. The third-order valence-electron chi connectivity index (χ3n) is 6.83. The molecule has 0 aromatic heterocycles. The van der Waals surface area contributed by atoms with Crippen molar-refractivity contribution in [1.82, 2.24) is 10.2 Å². The van der Waals surface area contributed by atoms with Crippen molar-refractivity contribution >= 4 is 27.5 Å². The van der Waals surface area contributed by atoms with Crippen LogP contribution < -0.4 is 14.4 Å². The Hall–Kier alpha value is -3.85. The average molecular weight is 580 g/mol. The predicted octanol–water partition coefficient (Wildman–Crippen LogP) is 5.09. The lowest BCUT2D eigenvalue weighted by Gasteiger charge is -2.33. The number of carbonyl (C=O) groups is 2. The summed E-state index contributed by atoms with van der Waals surface area (Å²) in [6, 6.07) is 20.0. The van der Waals surface area contributed by atoms with E-state index >= 15 is 0 Å². The van der Waals surface area contributed by atoms with Gasteiger partial charge in [-0.1, -0.05) is 63.2 Å². The Balaban J connectivity index is 2.07. The van der Waals surface area contributed by atoms with Gasteiger partial charge in [0, 0.05) is 13.1 Å². The van der Waals surface area contributed by atoms with Crippen LogP contribution in [0.3, 0.4) is 0 Å². The van der Waals surface area contributed by atoms with Crippen molar-refractivity contribution in [1.29, 1.82) is 0 Å². The highest BCUT2D eigenvalue weighted by atomic mass is 32.2. The summed E-state index contributed by atoms with van der Waals surface area (Å²) in [4.78, 5) is 29.1. The fourth-order valence-corrected chi connectivity index (χ4v) is 5.98. The molecule has 3 aromatic rings. The molecule has 2 amide bonds. The van der Waals surface area contributed by atoms with Crippen LogP contribution in [0, 0.1) is 19.8 Å². The van der Waals surface area contributed by atoms with Crippen molar-refractivity contribution in [2.75, 3.05) is 24.5 Å². The zero-order valence-electron chi connectivity index (χ0n) is 24.8. The van der Waals surface area contributed by atoms with Gasteiger partial charge >= 0.3 is 0 Å². The topological polar surface area (TPSA) is 96.0 Å². The molecule has 0 aliphatic carbocycles. The molecule has 3 aromatic carbocycles. The third-order valence-corrected chi connectivity index (χ3v) is 8.60. The van der Waals surface area contributed by atoms with Gasteiger partial charge in [-0.3, -0.25) is 13.9 Å². The Labute approximate surface area is 244 Å². The molecule has 0 bridgehead atoms. The Kier molecular flexibility index (Phi) is 10.9. The monoisotopic (exact) mass is 579 g/mol. The van der Waals surface area contributed by atoms with Crippen LogP contribution in [-0.4, -0.2) is 51.4 Å². The molecule has 0 saturated carbocycles. The minimum atomic E-state index is -4.11. The van der Waals surface area contributed by atoms with E-state index in [4.69, 9.17) is 4.74 Å². The summed E-state index contributed by atoms with van der Waals surface area (Å²) in [6.45, 7) is 9.66. The molecule has 0 heterocycles. The number of hydrogen-bond donors (Lipinski definition) is 1. The number of aryl methyl sites for hydroxylation is 2. The normalized spacial score (nSPS) is 12.1. The molecule has 1 atom stereocenters. The van der Waals surface area contributed by atoms with Gasteiger partial charge in [-0.05, 0) is 73.2 Å². The summed E-state index contributed by atoms with van der Waals surface area (Å²) >= 11 is 0. The van der Waals surface area contributed by atoms with Crippen LogP contribution in [0.25, 0.3) is 0 Å². The van der Waals surface area contributed by atoms with Crippen LogP contribution in [0.5, 0.6) is 5.75 Å². The highest BCUT2D eigenvalue weighted by Gasteiger charge is 2.34. The SMILES string of the molecule is CCC(C(=O)NCC(C)C)N(Cc1ccc(OC)cc1)C(=O)CN(c1cc(C)ccc1C)S(=O)(=O)c1ccccc1. The molecule has 1 N–H and O–H groups in total. The second-order valence-electron chi connectivity index (χ2n) is 10.5. The highest BCUT2D eigenvalue weighted by Crippen LogP contribution is 2.28. The standard InChI is InChI=1S/C32H41N3O5S/c1-7-29(32(37)33-20-23(2)3)34(21-26-15-17-27(40-6)18-16-26)31(36)22-35(30-19-24(4)13-14-25(30)5)41(38,39)28-11-9-8-10-12-28/h8-19,23,29H,7,20-22H2,1-6H3,(H,33,37). The number of hydrogen-bond acceptors (Lipinski definition) is 5. The summed E-state index contributed by atoms with van der Waals surface area (Å²) in [6.07, 6.45) is 0.362. The fraction of sp³-hybridized carbons (Fsp3) is 0.375. The lowest BCUT2D eigenvalue weighted by atomic mass is 10.1. The summed E-state index contributed by atoms with van der Waals surface area (Å²) in [7, 11) is -2.53. The Morgan fingerprint density at radius 1 is 0.951 bits per heavy atom. The van der Waals surface area contributed by atoms with Crippen LogP contribution in [0.15, 0.2) is 77.7 Å². The maximum atomic E-state index is 14.2. The zero-order chi connectivity index (χ0) is 30.2. The van der Waals surface area contributed by atoms with Crippen molar-refractivity contribution in [2.45, 2.75) is 58.5 Å². The molecule has 0 saturated heterocycles. The molecule has 1 unspecified atom stereocenters. The molecule has 9 heteroatoms. The van der Waals surface area contributed by atoms with Gasteiger partial charge in [0.1, 0.15) is 18.3 Å². The van der Waals surface area contributed by atoms with Crippen LogP contribution >= 0.6 is 0 Å². The van der Waals surface area contributed by atoms with E-state index in [1.807, 2.05) is 58.9 Å². The summed E-state index contributed by atoms with van der Waals surface area (Å²) < 4.78 is 34.4. The largest absolute Gasteiger partial charge is 0.497 e. The highest BCUT2D eigenvalue weighted by molar-refractivity contribution is 7.92. The number of carbonyl (C=O) groups excluding carboxylic acids is 2. The van der Waals surface area contributed by atoms with Crippen LogP contribution in [0.2, 0.25) is 0 Å². The van der Waals surface area contributed by atoms with Crippen molar-refractivity contribution in [3.63, 3.8) is 0 Å². The van der Waals surface area contributed by atoms with Crippen molar-refractivity contribution in [3.8, 4) is 5.75 Å². The molecule has 0 radical (unpaired) electrons. The van der Waals surface area contributed by atoms with E-state index in [9.17, 15) is 18.0 Å². The number of nitrogens with zero attached hydrogens (tertiary/aromatic N) is 2. The first-order valence-corrected chi connectivity index (χ1v) is 15.3. The second kappa shape index (κ2) is 14.2. The molecule has 8 nitrogen and oxygen atoms in total. The Morgan fingerprint density at radius 3 is 2.20 bits per heavy atom. The lowest BCUT2D eigenvalue weighted by molar-refractivity contribution is -0.140. The minimum absolute atomic E-state index is 0.0807. The fourth-order valence-electron chi connectivity index (χ4n) is 4.49. The van der Waals surface area contributed by atoms with Gasteiger partial charge in [-0.15, -0.1) is 0 Å². The molecule has 220 valence electrons. The Bertz CT molecular complexity index is 1420. The molecular weight excluding hydrogens is 538 g/mol. The van der Waals surface area contributed by atoms with Crippen molar-refractivity contribution < 1.29 is 22.7 Å². The van der Waals surface area contributed by atoms with Crippen molar-refractivity contribution in [3.05, 3.63) is 89.5 Å². The van der Waals surface area contributed by atoms with Crippen LogP contribution in [0.1, 0.15) is 43.9 Å². The molecule has 0 aliphatic heterocycles. The van der Waals surface area contributed by atoms with Gasteiger partial charge in [0.15, 0.2) is 0 Å². The van der Waals surface area contributed by atoms with Gasteiger partial charge in [0.25, 0.3) is 10.0 Å². The van der Waals surface area contributed by atoms with E-state index in [-0.39, 0.29) is 23.3 Å². The summed E-state index contributed by atoms with van der Waals surface area (Å²) in [5.74, 6) is 0.154. The molecular formula is C32H41N3O5S. The molecule has 0 fully saturated rings. The predicted molar refractivity (Wildman–Crippen MR) is 162 cm³/mol. The number of nitrogens with one attached hydrogen (secondary N) is 1. The smallest absolute Gasteiger partial charge is 0.264 e. The maximum absolute atomic E-state index is 14.2. The van der Waals surface area contributed by atoms with E-state index in [2.05, 4.69) is 5.32 Å². The Morgan fingerprint density at radius 2 is 1.61 bits per heavy atom. The van der Waals surface area contributed by atoms with Crippen LogP contribution in [0.4, 0.5) is 5.69 Å². The second-order valence-corrected chi connectivity index (χ2v) is 12.4. The number of anilines is 1. The quantitative estimate of drug-likeness (QED) is 0.305. The molecule has 3 rings (SSSR count). The van der Waals surface area contributed by atoms with Crippen LogP contribution in [-0.2, 0) is 26.2 Å². The first-order chi connectivity index (χ1) is 19.5. The van der Waals surface area contributed by atoms with E-state index in [0.29, 0.717) is 30.0 Å². The van der Waals surface area contributed by atoms with Crippen molar-refractivity contribution in [2.24, 2.45) is 5.92 Å². The van der Waals surface area contributed by atoms with E-state index in [1.165, 1.54) is 17.0 Å².